The summed E-state index contributed by atoms with van der Waals surface area (Å²) in [7, 11) is -3.72. The van der Waals surface area contributed by atoms with Crippen LogP contribution >= 0.6 is 0 Å². The van der Waals surface area contributed by atoms with E-state index in [1.807, 2.05) is 51.1 Å². The third-order valence-electron chi connectivity index (χ3n) is 4.47. The Bertz CT molecular complexity index is 838. The molecule has 0 saturated heterocycles. The predicted octanol–water partition coefficient (Wildman–Crippen LogP) is 3.36. The summed E-state index contributed by atoms with van der Waals surface area (Å²) >= 11 is 0. The molecule has 1 atom stereocenters. The van der Waals surface area contributed by atoms with Gasteiger partial charge in [-0.2, -0.15) is 0 Å². The van der Waals surface area contributed by atoms with Crippen LogP contribution in [0.3, 0.4) is 0 Å². The van der Waals surface area contributed by atoms with Gasteiger partial charge in [0, 0.05) is 6.54 Å². The Labute approximate surface area is 162 Å². The van der Waals surface area contributed by atoms with Gasteiger partial charge in [-0.1, -0.05) is 30.3 Å². The highest BCUT2D eigenvalue weighted by Gasteiger charge is 2.25. The SMILES string of the molecule is CCOc1c(C)cc(S(=O)(=O)NCC(C)(O)CCc2ccccc2)cc1C. The maximum Gasteiger partial charge on any atom is 0.240 e. The maximum atomic E-state index is 12.7. The first-order valence-corrected chi connectivity index (χ1v) is 10.6. The van der Waals surface area contributed by atoms with Gasteiger partial charge in [-0.25, -0.2) is 13.1 Å². The summed E-state index contributed by atoms with van der Waals surface area (Å²) in [5.41, 5.74) is 1.51. The Morgan fingerprint density at radius 3 is 2.26 bits per heavy atom. The van der Waals surface area contributed by atoms with E-state index < -0.39 is 15.6 Å². The number of benzene rings is 2. The maximum absolute atomic E-state index is 12.7. The molecule has 148 valence electrons. The van der Waals surface area contributed by atoms with Crippen LogP contribution in [0.5, 0.6) is 5.75 Å². The van der Waals surface area contributed by atoms with Gasteiger partial charge in [0.15, 0.2) is 0 Å². The summed E-state index contributed by atoms with van der Waals surface area (Å²) in [6.45, 7) is 7.67. The fraction of sp³-hybridized carbons (Fsp3) is 0.429. The molecule has 0 aromatic heterocycles. The van der Waals surface area contributed by atoms with Crippen molar-refractivity contribution in [3.63, 3.8) is 0 Å². The lowest BCUT2D eigenvalue weighted by molar-refractivity contribution is 0.0565. The van der Waals surface area contributed by atoms with Crippen molar-refractivity contribution in [2.24, 2.45) is 0 Å². The molecule has 0 fully saturated rings. The van der Waals surface area contributed by atoms with Crippen molar-refractivity contribution in [3.8, 4) is 5.75 Å². The first kappa shape index (κ1) is 21.4. The molecule has 1 unspecified atom stereocenters. The molecule has 2 N–H and O–H groups in total. The van der Waals surface area contributed by atoms with Gasteiger partial charge in [0.05, 0.1) is 17.1 Å². The zero-order valence-electron chi connectivity index (χ0n) is 16.5. The van der Waals surface area contributed by atoms with Gasteiger partial charge in [0.1, 0.15) is 5.75 Å². The number of aryl methyl sites for hydroxylation is 3. The van der Waals surface area contributed by atoms with E-state index in [9.17, 15) is 13.5 Å². The van der Waals surface area contributed by atoms with Crippen LogP contribution in [0.15, 0.2) is 47.4 Å². The van der Waals surface area contributed by atoms with Crippen molar-refractivity contribution in [3.05, 3.63) is 59.2 Å². The van der Waals surface area contributed by atoms with Crippen molar-refractivity contribution in [1.29, 1.82) is 0 Å². The van der Waals surface area contributed by atoms with Gasteiger partial charge in [0.25, 0.3) is 0 Å². The first-order chi connectivity index (χ1) is 12.6. The van der Waals surface area contributed by atoms with Crippen LogP contribution in [-0.4, -0.2) is 32.3 Å². The van der Waals surface area contributed by atoms with E-state index in [1.165, 1.54) is 0 Å². The molecule has 5 nitrogen and oxygen atoms in total. The van der Waals surface area contributed by atoms with Crippen LogP contribution in [0.4, 0.5) is 0 Å². The highest BCUT2D eigenvalue weighted by Crippen LogP contribution is 2.27. The molecule has 2 aromatic rings. The fourth-order valence-corrected chi connectivity index (χ4v) is 4.25. The lowest BCUT2D eigenvalue weighted by Crippen LogP contribution is -2.41. The molecule has 0 amide bonds. The van der Waals surface area contributed by atoms with E-state index in [4.69, 9.17) is 4.74 Å². The number of ether oxygens (including phenoxy) is 1. The van der Waals surface area contributed by atoms with Gasteiger partial charge < -0.3 is 9.84 Å². The van der Waals surface area contributed by atoms with Gasteiger partial charge in [-0.15, -0.1) is 0 Å². The molecular weight excluding hydrogens is 362 g/mol. The fourth-order valence-electron chi connectivity index (χ4n) is 2.92. The summed E-state index contributed by atoms with van der Waals surface area (Å²) in [6, 6.07) is 13.0. The van der Waals surface area contributed by atoms with E-state index in [1.54, 1.807) is 19.1 Å². The summed E-state index contributed by atoms with van der Waals surface area (Å²) < 4.78 is 33.4. The van der Waals surface area contributed by atoms with Crippen LogP contribution in [0.25, 0.3) is 0 Å². The number of hydrogen-bond acceptors (Lipinski definition) is 4. The van der Waals surface area contributed by atoms with Crippen LogP contribution in [-0.2, 0) is 16.4 Å². The van der Waals surface area contributed by atoms with Crippen LogP contribution in [0.2, 0.25) is 0 Å². The Morgan fingerprint density at radius 2 is 1.70 bits per heavy atom. The monoisotopic (exact) mass is 391 g/mol. The Hall–Kier alpha value is -1.89. The molecule has 0 aliphatic rings. The van der Waals surface area contributed by atoms with E-state index in [0.29, 0.717) is 25.2 Å². The second-order valence-corrected chi connectivity index (χ2v) is 8.89. The highest BCUT2D eigenvalue weighted by molar-refractivity contribution is 7.89. The van der Waals surface area contributed by atoms with Crippen LogP contribution < -0.4 is 9.46 Å². The summed E-state index contributed by atoms with van der Waals surface area (Å²) in [4.78, 5) is 0.180. The van der Waals surface area contributed by atoms with E-state index in [-0.39, 0.29) is 11.4 Å². The minimum Gasteiger partial charge on any atom is -0.493 e. The summed E-state index contributed by atoms with van der Waals surface area (Å²) in [5, 5.41) is 10.6. The summed E-state index contributed by atoms with van der Waals surface area (Å²) in [6.07, 6.45) is 1.14. The molecule has 6 heteroatoms. The van der Waals surface area contributed by atoms with Crippen molar-refractivity contribution >= 4 is 10.0 Å². The Morgan fingerprint density at radius 1 is 1.11 bits per heavy atom. The lowest BCUT2D eigenvalue weighted by Gasteiger charge is -2.24. The largest absolute Gasteiger partial charge is 0.493 e. The van der Waals surface area contributed by atoms with E-state index in [2.05, 4.69) is 4.72 Å². The van der Waals surface area contributed by atoms with Crippen molar-refractivity contribution < 1.29 is 18.3 Å². The number of sulfonamides is 1. The average Bonchev–Trinajstić information content (AvgIpc) is 2.62. The molecule has 2 rings (SSSR count). The minimum atomic E-state index is -3.72. The molecule has 0 radical (unpaired) electrons. The first-order valence-electron chi connectivity index (χ1n) is 9.14. The second-order valence-electron chi connectivity index (χ2n) is 7.13. The normalized spacial score (nSPS) is 14.0. The zero-order valence-corrected chi connectivity index (χ0v) is 17.3. The smallest absolute Gasteiger partial charge is 0.240 e. The standard InChI is InChI=1S/C21H29NO4S/c1-5-26-20-16(2)13-19(14-17(20)3)27(24,25)22-15-21(4,23)12-11-18-9-7-6-8-10-18/h6-10,13-14,22-23H,5,11-12,15H2,1-4H3. The molecule has 0 heterocycles. The van der Waals surface area contributed by atoms with Crippen molar-refractivity contribution in [2.45, 2.75) is 51.0 Å². The number of aliphatic hydroxyl groups is 1. The Balaban J connectivity index is 2.05. The number of nitrogens with one attached hydrogen (secondary N) is 1. The van der Waals surface area contributed by atoms with Gasteiger partial charge in [-0.3, -0.25) is 0 Å². The predicted molar refractivity (Wildman–Crippen MR) is 108 cm³/mol. The van der Waals surface area contributed by atoms with Crippen molar-refractivity contribution in [2.75, 3.05) is 13.2 Å². The number of rotatable bonds is 9. The topological polar surface area (TPSA) is 75.6 Å². The van der Waals surface area contributed by atoms with Crippen LogP contribution in [0, 0.1) is 13.8 Å². The van der Waals surface area contributed by atoms with E-state index in [0.717, 1.165) is 16.7 Å². The third-order valence-corrected chi connectivity index (χ3v) is 5.85. The molecule has 0 bridgehead atoms. The molecule has 2 aromatic carbocycles. The molecular formula is C21H29NO4S. The molecule has 0 spiro atoms. The van der Waals surface area contributed by atoms with Crippen molar-refractivity contribution in [1.82, 2.24) is 4.72 Å². The van der Waals surface area contributed by atoms with Gasteiger partial charge >= 0.3 is 0 Å². The van der Waals surface area contributed by atoms with Crippen LogP contribution in [0.1, 0.15) is 37.0 Å². The minimum absolute atomic E-state index is 0.0481. The molecule has 27 heavy (non-hydrogen) atoms. The number of hydrogen-bond donors (Lipinski definition) is 2. The molecule has 0 saturated carbocycles. The average molecular weight is 392 g/mol. The quantitative estimate of drug-likeness (QED) is 0.687. The zero-order chi connectivity index (χ0) is 20.1. The summed E-state index contributed by atoms with van der Waals surface area (Å²) in [5.74, 6) is 0.714. The van der Waals surface area contributed by atoms with E-state index >= 15 is 0 Å². The lowest BCUT2D eigenvalue weighted by atomic mass is 9.97. The highest BCUT2D eigenvalue weighted by atomic mass is 32.2. The Kier molecular flexibility index (Phi) is 7.03. The molecule has 0 aliphatic carbocycles. The van der Waals surface area contributed by atoms with Gasteiger partial charge in [0.2, 0.25) is 10.0 Å². The van der Waals surface area contributed by atoms with Gasteiger partial charge in [-0.05, 0) is 69.4 Å². The molecule has 0 aliphatic heterocycles. The third kappa shape index (κ3) is 6.06. The second kappa shape index (κ2) is 8.87.